The second-order valence-electron chi connectivity index (χ2n) is 10.1. The van der Waals surface area contributed by atoms with Crippen molar-refractivity contribution >= 4 is 39.1 Å². The Hall–Kier alpha value is -5.43. The van der Waals surface area contributed by atoms with Crippen molar-refractivity contribution in [2.24, 2.45) is 5.73 Å². The molecule has 228 valence electrons. The monoisotopic (exact) mass is 627 g/mol. The van der Waals surface area contributed by atoms with Gasteiger partial charge in [-0.1, -0.05) is 42.5 Å². The minimum atomic E-state index is -2.86. The highest BCUT2D eigenvalue weighted by molar-refractivity contribution is 7.21. The molecule has 0 unspecified atom stereocenters. The molecule has 0 aliphatic heterocycles. The molecule has 0 radical (unpaired) electrons. The van der Waals surface area contributed by atoms with Crippen LogP contribution in [0.4, 0.5) is 14.5 Å². The van der Waals surface area contributed by atoms with Crippen molar-refractivity contribution in [2.75, 3.05) is 5.32 Å². The molecule has 6 aromatic rings. The SMILES string of the molecule is CCn1cc(-c2cc(C(F)F)nc3sc(C(N)=O)c(NC(=O)c4ccn(COc5ccc(-c6ccccc6)cc5)n4)c23)c(C)n1. The molecule has 2 amide bonds. The summed E-state index contributed by atoms with van der Waals surface area (Å²) in [4.78, 5) is 30.1. The van der Waals surface area contributed by atoms with Gasteiger partial charge in [0.2, 0.25) is 0 Å². The first-order chi connectivity index (χ1) is 21.7. The minimum absolute atomic E-state index is 0.0271. The van der Waals surface area contributed by atoms with Crippen LogP contribution < -0.4 is 15.8 Å². The van der Waals surface area contributed by atoms with Crippen LogP contribution in [0, 0.1) is 6.92 Å². The summed E-state index contributed by atoms with van der Waals surface area (Å²) in [6, 6.07) is 20.3. The van der Waals surface area contributed by atoms with Gasteiger partial charge in [-0.3, -0.25) is 14.3 Å². The summed E-state index contributed by atoms with van der Waals surface area (Å²) in [6.45, 7) is 4.25. The van der Waals surface area contributed by atoms with Crippen LogP contribution in [0.1, 0.15) is 44.9 Å². The number of nitrogens with two attached hydrogens (primary N) is 1. The third kappa shape index (κ3) is 6.02. The summed E-state index contributed by atoms with van der Waals surface area (Å²) in [7, 11) is 0. The Balaban J connectivity index is 1.27. The first kappa shape index (κ1) is 29.6. The lowest BCUT2D eigenvalue weighted by atomic mass is 10.0. The first-order valence-corrected chi connectivity index (χ1v) is 14.8. The van der Waals surface area contributed by atoms with E-state index in [9.17, 15) is 18.4 Å². The highest BCUT2D eigenvalue weighted by atomic mass is 32.1. The molecule has 3 N–H and O–H groups in total. The largest absolute Gasteiger partial charge is 0.471 e. The van der Waals surface area contributed by atoms with Crippen molar-refractivity contribution in [1.82, 2.24) is 24.5 Å². The van der Waals surface area contributed by atoms with Gasteiger partial charge in [0.1, 0.15) is 21.2 Å². The number of aryl methyl sites for hydroxylation is 2. The van der Waals surface area contributed by atoms with Crippen molar-refractivity contribution in [3.05, 3.63) is 101 Å². The zero-order valence-corrected chi connectivity index (χ0v) is 25.0. The van der Waals surface area contributed by atoms with E-state index in [-0.39, 0.29) is 27.8 Å². The van der Waals surface area contributed by atoms with Crippen LogP contribution in [-0.4, -0.2) is 36.4 Å². The van der Waals surface area contributed by atoms with Gasteiger partial charge in [-0.15, -0.1) is 11.3 Å². The lowest BCUT2D eigenvalue weighted by Crippen LogP contribution is -2.17. The molecule has 0 atom stereocenters. The molecule has 2 aromatic carbocycles. The fourth-order valence-corrected chi connectivity index (χ4v) is 5.94. The van der Waals surface area contributed by atoms with Crippen LogP contribution in [0.3, 0.4) is 0 Å². The standard InChI is InChI=1S/C32H27F2N7O3S/c1-3-40-16-23(18(2)38-40)22-15-25(29(33)34)36-32-26(22)27(28(45-32)30(35)42)37-31(43)24-13-14-41(39-24)17-44-21-11-9-20(10-12-21)19-7-5-4-6-8-19/h4-16,29H,3,17H2,1-2H3,(H2,35,42)(H,37,43). The van der Waals surface area contributed by atoms with E-state index in [1.165, 1.54) is 16.8 Å². The topological polar surface area (TPSA) is 130 Å². The summed E-state index contributed by atoms with van der Waals surface area (Å²) in [6.07, 6.45) is 0.446. The average Bonchev–Trinajstić information content (AvgIpc) is 3.77. The number of hydrogen-bond acceptors (Lipinski definition) is 7. The van der Waals surface area contributed by atoms with Crippen LogP contribution in [0.2, 0.25) is 0 Å². The third-order valence-electron chi connectivity index (χ3n) is 7.13. The smallest absolute Gasteiger partial charge is 0.280 e. The Morgan fingerprint density at radius 3 is 2.40 bits per heavy atom. The molecule has 4 aromatic heterocycles. The number of amides is 2. The van der Waals surface area contributed by atoms with Crippen LogP contribution in [0.25, 0.3) is 32.5 Å². The van der Waals surface area contributed by atoms with Gasteiger partial charge in [-0.2, -0.15) is 10.2 Å². The number of rotatable bonds is 10. The van der Waals surface area contributed by atoms with E-state index in [4.69, 9.17) is 10.5 Å². The summed E-state index contributed by atoms with van der Waals surface area (Å²) in [5.41, 5.74) is 8.96. The molecular weight excluding hydrogens is 600 g/mol. The van der Waals surface area contributed by atoms with Crippen molar-refractivity contribution in [3.8, 4) is 28.0 Å². The van der Waals surface area contributed by atoms with Gasteiger partial charge in [0.25, 0.3) is 18.2 Å². The molecule has 0 spiro atoms. The fourth-order valence-electron chi connectivity index (χ4n) is 4.93. The number of halogens is 2. The highest BCUT2D eigenvalue weighted by Crippen LogP contribution is 2.43. The van der Waals surface area contributed by atoms with E-state index < -0.39 is 23.9 Å². The quantitative estimate of drug-likeness (QED) is 0.174. The Kier molecular flexibility index (Phi) is 8.09. The van der Waals surface area contributed by atoms with Gasteiger partial charge in [0.15, 0.2) is 12.4 Å². The summed E-state index contributed by atoms with van der Waals surface area (Å²) in [5.74, 6) is -0.846. The van der Waals surface area contributed by atoms with E-state index in [0.29, 0.717) is 34.5 Å². The van der Waals surface area contributed by atoms with E-state index in [1.54, 1.807) is 24.0 Å². The number of benzene rings is 2. The molecule has 10 nitrogen and oxygen atoms in total. The second kappa shape index (κ2) is 12.3. The van der Waals surface area contributed by atoms with Crippen molar-refractivity contribution in [2.45, 2.75) is 33.5 Å². The average molecular weight is 628 g/mol. The van der Waals surface area contributed by atoms with E-state index >= 15 is 0 Å². The summed E-state index contributed by atoms with van der Waals surface area (Å²) in [5, 5.41) is 11.8. The number of fused-ring (bicyclic) bond motifs is 1. The number of nitrogens with zero attached hydrogens (tertiary/aromatic N) is 5. The maximum atomic E-state index is 13.9. The number of hydrogen-bond donors (Lipinski definition) is 2. The van der Waals surface area contributed by atoms with E-state index in [0.717, 1.165) is 22.5 Å². The number of primary amides is 1. The molecule has 13 heteroatoms. The zero-order chi connectivity index (χ0) is 31.7. The number of carbonyl (C=O) groups excluding carboxylic acids is 2. The molecule has 0 fully saturated rings. The predicted octanol–water partition coefficient (Wildman–Crippen LogP) is 6.68. The van der Waals surface area contributed by atoms with Gasteiger partial charge in [-0.25, -0.2) is 18.4 Å². The minimum Gasteiger partial charge on any atom is -0.471 e. The zero-order valence-electron chi connectivity index (χ0n) is 24.2. The normalized spacial score (nSPS) is 11.3. The van der Waals surface area contributed by atoms with Gasteiger partial charge in [-0.05, 0) is 54.8 Å². The third-order valence-corrected chi connectivity index (χ3v) is 8.22. The maximum absolute atomic E-state index is 13.9. The second-order valence-corrected chi connectivity index (χ2v) is 11.1. The number of aromatic nitrogens is 5. The molecule has 6 rings (SSSR count). The molecule has 0 saturated heterocycles. The highest BCUT2D eigenvalue weighted by Gasteiger charge is 2.27. The number of ether oxygens (including phenoxy) is 1. The molecule has 0 bridgehead atoms. The van der Waals surface area contributed by atoms with Crippen molar-refractivity contribution < 1.29 is 23.1 Å². The van der Waals surface area contributed by atoms with Crippen LogP contribution in [0.15, 0.2) is 79.1 Å². The summed E-state index contributed by atoms with van der Waals surface area (Å²) < 4.78 is 36.7. The number of pyridine rings is 1. The van der Waals surface area contributed by atoms with Crippen molar-refractivity contribution in [3.63, 3.8) is 0 Å². The van der Waals surface area contributed by atoms with Gasteiger partial charge >= 0.3 is 0 Å². The molecule has 0 saturated carbocycles. The van der Waals surface area contributed by atoms with Gasteiger partial charge < -0.3 is 15.8 Å². The summed E-state index contributed by atoms with van der Waals surface area (Å²) >= 11 is 0.832. The molecule has 0 aliphatic rings. The van der Waals surface area contributed by atoms with Gasteiger partial charge in [0, 0.05) is 29.9 Å². The van der Waals surface area contributed by atoms with Crippen LogP contribution >= 0.6 is 11.3 Å². The molecule has 0 aliphatic carbocycles. The maximum Gasteiger partial charge on any atom is 0.280 e. The lowest BCUT2D eigenvalue weighted by molar-refractivity contribution is 0.100. The van der Waals surface area contributed by atoms with E-state index in [1.807, 2.05) is 61.5 Å². The Morgan fingerprint density at radius 2 is 1.73 bits per heavy atom. The van der Waals surface area contributed by atoms with Crippen LogP contribution in [-0.2, 0) is 13.3 Å². The molecule has 45 heavy (non-hydrogen) atoms. The number of nitrogens with one attached hydrogen (secondary N) is 1. The molecule has 4 heterocycles. The number of anilines is 1. The first-order valence-electron chi connectivity index (χ1n) is 13.9. The van der Waals surface area contributed by atoms with Gasteiger partial charge in [0.05, 0.1) is 11.4 Å². The molecular formula is C32H27F2N7O3S. The lowest BCUT2D eigenvalue weighted by Gasteiger charge is -2.10. The Bertz CT molecular complexity index is 2020. The van der Waals surface area contributed by atoms with Crippen molar-refractivity contribution in [1.29, 1.82) is 0 Å². The number of thiophene rings is 1. The number of alkyl halides is 2. The van der Waals surface area contributed by atoms with Crippen LogP contribution in [0.5, 0.6) is 5.75 Å². The number of carbonyl (C=O) groups is 2. The Morgan fingerprint density at radius 1 is 1.00 bits per heavy atom. The van der Waals surface area contributed by atoms with E-state index in [2.05, 4.69) is 20.5 Å². The predicted molar refractivity (Wildman–Crippen MR) is 167 cm³/mol. The Labute approximate surface area is 260 Å². The fraction of sp³-hybridized carbons (Fsp3) is 0.156.